The van der Waals surface area contributed by atoms with Crippen molar-refractivity contribution in [1.82, 2.24) is 0 Å². The Bertz CT molecular complexity index is 413. The van der Waals surface area contributed by atoms with Gasteiger partial charge >= 0.3 is 39.6 Å². The summed E-state index contributed by atoms with van der Waals surface area (Å²) in [7, 11) is 0. The SMILES string of the molecule is CCc1cc(C(C)(C)C)c([O-])c(C(C)(C)C)c1.C[CH2][Al+][CH2]C. The molecule has 0 aliphatic carbocycles. The Labute approximate surface area is 145 Å². The molecule has 0 saturated carbocycles. The van der Waals surface area contributed by atoms with Crippen LogP contribution in [0.4, 0.5) is 0 Å². The Morgan fingerprint density at radius 2 is 1.18 bits per heavy atom. The minimum absolute atomic E-state index is 0.0811. The second kappa shape index (κ2) is 9.00. The summed E-state index contributed by atoms with van der Waals surface area (Å²) in [5.74, 6) is 0.224. The average molecular weight is 318 g/mol. The molecule has 0 bridgehead atoms. The van der Waals surface area contributed by atoms with Crippen LogP contribution < -0.4 is 5.11 Å². The van der Waals surface area contributed by atoms with Crippen LogP contribution in [-0.2, 0) is 17.3 Å². The van der Waals surface area contributed by atoms with E-state index in [2.05, 4.69) is 74.4 Å². The zero-order valence-corrected chi connectivity index (χ0v) is 17.4. The Balaban J connectivity index is 0.000000763. The zero-order chi connectivity index (χ0) is 17.6. The van der Waals surface area contributed by atoms with Crippen molar-refractivity contribution in [3.63, 3.8) is 0 Å². The molecule has 1 rings (SSSR count). The van der Waals surface area contributed by atoms with Gasteiger partial charge in [0.1, 0.15) is 0 Å². The van der Waals surface area contributed by atoms with Crippen molar-refractivity contribution in [2.75, 3.05) is 0 Å². The van der Waals surface area contributed by atoms with E-state index in [1.807, 2.05) is 0 Å². The van der Waals surface area contributed by atoms with Gasteiger partial charge in [0.25, 0.3) is 0 Å². The quantitative estimate of drug-likeness (QED) is 0.676. The molecular formula is C20H35AlO. The Kier molecular flexibility index (Phi) is 8.81. The predicted octanol–water partition coefficient (Wildman–Crippen LogP) is 5.48. The molecule has 0 heterocycles. The summed E-state index contributed by atoms with van der Waals surface area (Å²) in [6.07, 6.45) is 0.979. The normalized spacial score (nSPS) is 11.5. The molecule has 0 atom stereocenters. The first-order valence-electron chi connectivity index (χ1n) is 8.65. The molecule has 124 valence electrons. The Morgan fingerprint density at radius 1 is 0.818 bits per heavy atom. The first kappa shape index (κ1) is 21.6. The Hall–Kier alpha value is -0.448. The molecule has 0 N–H and O–H groups in total. The van der Waals surface area contributed by atoms with E-state index in [9.17, 15) is 5.11 Å². The molecular weight excluding hydrogens is 283 g/mol. The fraction of sp³-hybridized carbons (Fsp3) is 0.700. The van der Waals surface area contributed by atoms with Crippen molar-refractivity contribution < 1.29 is 5.11 Å². The van der Waals surface area contributed by atoms with E-state index < -0.39 is 0 Å². The number of benzene rings is 1. The molecule has 0 aliphatic rings. The van der Waals surface area contributed by atoms with Crippen LogP contribution in [0.3, 0.4) is 0 Å². The molecule has 2 heteroatoms. The summed E-state index contributed by atoms with van der Waals surface area (Å²) in [6.45, 7) is 19.3. The van der Waals surface area contributed by atoms with Crippen LogP contribution in [0.5, 0.6) is 5.75 Å². The second-order valence-corrected chi connectivity index (χ2v) is 10.2. The van der Waals surface area contributed by atoms with E-state index in [0.29, 0.717) is 0 Å². The van der Waals surface area contributed by atoms with E-state index in [1.54, 1.807) is 0 Å². The van der Waals surface area contributed by atoms with Crippen LogP contribution in [0, 0.1) is 0 Å². The van der Waals surface area contributed by atoms with E-state index in [1.165, 1.54) is 16.1 Å². The van der Waals surface area contributed by atoms with Crippen molar-refractivity contribution >= 4 is 15.2 Å². The van der Waals surface area contributed by atoms with E-state index in [0.717, 1.165) is 32.8 Å². The number of aryl methyl sites for hydroxylation is 1. The fourth-order valence-electron chi connectivity index (χ4n) is 2.30. The number of rotatable bonds is 3. The molecule has 0 spiro atoms. The van der Waals surface area contributed by atoms with Crippen molar-refractivity contribution in [2.45, 2.75) is 90.1 Å². The molecule has 0 saturated heterocycles. The third kappa shape index (κ3) is 6.76. The van der Waals surface area contributed by atoms with Crippen LogP contribution in [0.15, 0.2) is 12.1 Å². The van der Waals surface area contributed by atoms with Gasteiger partial charge in [0.05, 0.1) is 0 Å². The van der Waals surface area contributed by atoms with Gasteiger partial charge in [0.2, 0.25) is 0 Å². The average Bonchev–Trinajstić information content (AvgIpc) is 2.38. The summed E-state index contributed by atoms with van der Waals surface area (Å²) in [4.78, 5) is 0. The second-order valence-electron chi connectivity index (χ2n) is 7.98. The molecule has 1 aromatic carbocycles. The monoisotopic (exact) mass is 318 g/mol. The number of hydrogen-bond acceptors (Lipinski definition) is 1. The molecule has 0 radical (unpaired) electrons. The standard InChI is InChI=1S/C16H26O.2C2H5.Al/c1-8-11-9-12(15(2,3)4)14(17)13(10-11)16(5,6)7;2*1-2;/h9-10,17H,8H2,1-7H3;2*1H2,2H3;/q;;;+1/p-1. The van der Waals surface area contributed by atoms with Gasteiger partial charge < -0.3 is 5.11 Å². The van der Waals surface area contributed by atoms with Crippen molar-refractivity contribution in [3.8, 4) is 5.75 Å². The summed E-state index contributed by atoms with van der Waals surface area (Å²) in [5, 5.41) is 15.4. The maximum atomic E-state index is 12.5. The summed E-state index contributed by atoms with van der Waals surface area (Å²) in [5.41, 5.74) is 2.99. The summed E-state index contributed by atoms with van der Waals surface area (Å²) >= 11 is 0.815. The van der Waals surface area contributed by atoms with Gasteiger partial charge in [-0.3, -0.25) is 0 Å². The summed E-state index contributed by atoms with van der Waals surface area (Å²) < 4.78 is 0. The first-order chi connectivity index (χ1) is 9.98. The molecule has 0 amide bonds. The van der Waals surface area contributed by atoms with Gasteiger partial charge in [0.15, 0.2) is 0 Å². The van der Waals surface area contributed by atoms with Gasteiger partial charge in [-0.2, -0.15) is 0 Å². The fourth-order valence-corrected chi connectivity index (χ4v) is 2.87. The van der Waals surface area contributed by atoms with Gasteiger partial charge in [-0.25, -0.2) is 0 Å². The molecule has 0 fully saturated rings. The molecule has 0 unspecified atom stereocenters. The van der Waals surface area contributed by atoms with E-state index >= 15 is 0 Å². The molecule has 0 aromatic heterocycles. The van der Waals surface area contributed by atoms with Crippen LogP contribution in [0.1, 0.15) is 79.0 Å². The topological polar surface area (TPSA) is 23.1 Å². The van der Waals surface area contributed by atoms with E-state index in [-0.39, 0.29) is 16.6 Å². The van der Waals surface area contributed by atoms with Crippen molar-refractivity contribution in [2.24, 2.45) is 0 Å². The third-order valence-corrected chi connectivity index (χ3v) is 4.91. The Morgan fingerprint density at radius 3 is 1.36 bits per heavy atom. The maximum absolute atomic E-state index is 12.5. The first-order valence-corrected chi connectivity index (χ1v) is 10.3. The van der Waals surface area contributed by atoms with Gasteiger partial charge in [0, 0.05) is 0 Å². The van der Waals surface area contributed by atoms with Gasteiger partial charge in [-0.05, 0) is 33.9 Å². The van der Waals surface area contributed by atoms with Crippen LogP contribution >= 0.6 is 0 Å². The number of hydrogen-bond donors (Lipinski definition) is 0. The summed E-state index contributed by atoms with van der Waals surface area (Å²) in [6, 6.07) is 4.16. The van der Waals surface area contributed by atoms with Gasteiger partial charge in [-0.1, -0.05) is 60.6 Å². The molecule has 22 heavy (non-hydrogen) atoms. The van der Waals surface area contributed by atoms with E-state index in [4.69, 9.17) is 0 Å². The van der Waals surface area contributed by atoms with Crippen molar-refractivity contribution in [3.05, 3.63) is 28.8 Å². The minimum atomic E-state index is -0.0811. The predicted molar refractivity (Wildman–Crippen MR) is 99.4 cm³/mol. The van der Waals surface area contributed by atoms with Crippen LogP contribution in [0.25, 0.3) is 0 Å². The molecule has 1 aromatic rings. The van der Waals surface area contributed by atoms with Crippen LogP contribution in [0.2, 0.25) is 10.6 Å². The molecule has 0 aliphatic heterocycles. The van der Waals surface area contributed by atoms with Crippen LogP contribution in [-0.4, -0.2) is 15.2 Å². The zero-order valence-electron chi connectivity index (χ0n) is 16.3. The third-order valence-electron chi connectivity index (χ3n) is 3.75. The van der Waals surface area contributed by atoms with Crippen molar-refractivity contribution in [1.29, 1.82) is 0 Å². The van der Waals surface area contributed by atoms with Gasteiger partial charge in [-0.15, -0.1) is 5.75 Å². The molecule has 1 nitrogen and oxygen atoms in total.